The van der Waals surface area contributed by atoms with Crippen LogP contribution < -0.4 is 16.0 Å². The molecule has 1 aromatic carbocycles. The molecule has 0 unspecified atom stereocenters. The average molecular weight is 326 g/mol. The molecule has 1 aromatic rings. The highest BCUT2D eigenvalue weighted by Crippen LogP contribution is 2.29. The Balaban J connectivity index is 2.46. The van der Waals surface area contributed by atoms with E-state index >= 15 is 0 Å². The van der Waals surface area contributed by atoms with E-state index in [9.17, 15) is 9.59 Å². The second-order valence-electron chi connectivity index (χ2n) is 5.04. The third-order valence-corrected chi connectivity index (χ3v) is 3.73. The zero-order chi connectivity index (χ0) is 14.2. The summed E-state index contributed by atoms with van der Waals surface area (Å²) in [6, 6.07) is 5.70. The molecule has 0 saturated carbocycles. The highest BCUT2D eigenvalue weighted by molar-refractivity contribution is 9.10. The third kappa shape index (κ3) is 2.64. The highest BCUT2D eigenvalue weighted by atomic mass is 79.9. The summed E-state index contributed by atoms with van der Waals surface area (Å²) in [5, 5.41) is 2.36. The SMILES string of the molecule is CC1(C)C(=O)NC(=O)CN1c1cc(Br)cc(CN)c1. The highest BCUT2D eigenvalue weighted by Gasteiger charge is 2.41. The van der Waals surface area contributed by atoms with Gasteiger partial charge in [-0.05, 0) is 37.6 Å². The maximum absolute atomic E-state index is 11.9. The Morgan fingerprint density at radius 1 is 1.37 bits per heavy atom. The Bertz CT molecular complexity index is 543. The van der Waals surface area contributed by atoms with Gasteiger partial charge in [0.25, 0.3) is 5.91 Å². The van der Waals surface area contributed by atoms with Crippen molar-refractivity contribution in [2.75, 3.05) is 11.4 Å². The first-order valence-electron chi connectivity index (χ1n) is 5.96. The molecule has 0 aliphatic carbocycles. The first-order valence-corrected chi connectivity index (χ1v) is 6.75. The molecule has 5 nitrogen and oxygen atoms in total. The van der Waals surface area contributed by atoms with Crippen LogP contribution in [0.2, 0.25) is 0 Å². The van der Waals surface area contributed by atoms with Gasteiger partial charge in [-0.3, -0.25) is 14.9 Å². The van der Waals surface area contributed by atoms with Gasteiger partial charge in [-0.15, -0.1) is 0 Å². The Labute approximate surface area is 120 Å². The van der Waals surface area contributed by atoms with Crippen LogP contribution in [-0.2, 0) is 16.1 Å². The van der Waals surface area contributed by atoms with Gasteiger partial charge in [0.2, 0.25) is 5.91 Å². The topological polar surface area (TPSA) is 75.4 Å². The summed E-state index contributed by atoms with van der Waals surface area (Å²) >= 11 is 3.42. The standard InChI is InChI=1S/C13H16BrN3O2/c1-13(2)12(19)16-11(18)7-17(13)10-4-8(6-15)3-9(14)5-10/h3-5H,6-7,15H2,1-2H3,(H,16,18,19). The van der Waals surface area contributed by atoms with Crippen molar-refractivity contribution in [3.63, 3.8) is 0 Å². The summed E-state index contributed by atoms with van der Waals surface area (Å²) in [5.41, 5.74) is 6.63. The zero-order valence-electron chi connectivity index (χ0n) is 10.9. The molecule has 1 fully saturated rings. The lowest BCUT2D eigenvalue weighted by molar-refractivity contribution is -0.135. The van der Waals surface area contributed by atoms with E-state index in [-0.39, 0.29) is 18.4 Å². The number of piperazine rings is 1. The van der Waals surface area contributed by atoms with Crippen LogP contribution in [0.5, 0.6) is 0 Å². The minimum absolute atomic E-state index is 0.152. The molecule has 3 N–H and O–H groups in total. The van der Waals surface area contributed by atoms with Crippen molar-refractivity contribution in [1.82, 2.24) is 5.32 Å². The monoisotopic (exact) mass is 325 g/mol. The molecule has 0 atom stereocenters. The Kier molecular flexibility index (Phi) is 3.64. The minimum Gasteiger partial charge on any atom is -0.348 e. The largest absolute Gasteiger partial charge is 0.348 e. The van der Waals surface area contributed by atoms with E-state index in [1.807, 2.05) is 18.2 Å². The summed E-state index contributed by atoms with van der Waals surface area (Å²) in [6.07, 6.45) is 0. The van der Waals surface area contributed by atoms with E-state index in [1.54, 1.807) is 18.7 Å². The van der Waals surface area contributed by atoms with Crippen molar-refractivity contribution in [3.8, 4) is 0 Å². The lowest BCUT2D eigenvalue weighted by Gasteiger charge is -2.42. The molecule has 1 aliphatic rings. The molecule has 2 amide bonds. The number of hydrogen-bond donors (Lipinski definition) is 2. The number of nitrogens with one attached hydrogen (secondary N) is 1. The molecule has 2 rings (SSSR count). The van der Waals surface area contributed by atoms with Gasteiger partial charge in [-0.1, -0.05) is 15.9 Å². The molecule has 1 aliphatic heterocycles. The predicted octanol–water partition coefficient (Wildman–Crippen LogP) is 1.15. The van der Waals surface area contributed by atoms with Gasteiger partial charge in [0.15, 0.2) is 0 Å². The number of nitrogens with two attached hydrogens (primary N) is 1. The fourth-order valence-electron chi connectivity index (χ4n) is 2.10. The summed E-state index contributed by atoms with van der Waals surface area (Å²) in [7, 11) is 0. The molecule has 0 bridgehead atoms. The maximum Gasteiger partial charge on any atom is 0.251 e. The normalized spacial score (nSPS) is 18.4. The lowest BCUT2D eigenvalue weighted by atomic mass is 9.97. The number of carbonyl (C=O) groups is 2. The van der Waals surface area contributed by atoms with E-state index < -0.39 is 5.54 Å². The average Bonchev–Trinajstić information content (AvgIpc) is 2.33. The fraction of sp³-hybridized carbons (Fsp3) is 0.385. The van der Waals surface area contributed by atoms with Crippen molar-refractivity contribution in [2.24, 2.45) is 5.73 Å². The molecular weight excluding hydrogens is 310 g/mol. The zero-order valence-corrected chi connectivity index (χ0v) is 12.5. The van der Waals surface area contributed by atoms with Gasteiger partial charge in [0.05, 0.1) is 6.54 Å². The number of hydrogen-bond acceptors (Lipinski definition) is 4. The number of halogens is 1. The number of benzene rings is 1. The van der Waals surface area contributed by atoms with Crippen molar-refractivity contribution in [1.29, 1.82) is 0 Å². The van der Waals surface area contributed by atoms with Crippen molar-refractivity contribution in [2.45, 2.75) is 25.9 Å². The van der Waals surface area contributed by atoms with Gasteiger partial charge < -0.3 is 10.6 Å². The van der Waals surface area contributed by atoms with Crippen LogP contribution in [0.3, 0.4) is 0 Å². The van der Waals surface area contributed by atoms with Crippen molar-refractivity contribution in [3.05, 3.63) is 28.2 Å². The van der Waals surface area contributed by atoms with Crippen LogP contribution in [0.15, 0.2) is 22.7 Å². The first kappa shape index (κ1) is 14.0. The van der Waals surface area contributed by atoms with Crippen LogP contribution in [0.25, 0.3) is 0 Å². The van der Waals surface area contributed by atoms with Crippen LogP contribution in [0.4, 0.5) is 5.69 Å². The molecule has 6 heteroatoms. The quantitative estimate of drug-likeness (QED) is 0.800. The number of carbonyl (C=O) groups excluding carboxylic acids is 2. The summed E-state index contributed by atoms with van der Waals surface area (Å²) in [5.74, 6) is -0.586. The number of anilines is 1. The van der Waals surface area contributed by atoms with E-state index in [0.29, 0.717) is 6.54 Å². The molecule has 0 radical (unpaired) electrons. The first-order chi connectivity index (χ1) is 8.84. The van der Waals surface area contributed by atoms with E-state index in [2.05, 4.69) is 21.2 Å². The summed E-state index contributed by atoms with van der Waals surface area (Å²) in [4.78, 5) is 25.3. The Hall–Kier alpha value is -1.40. The van der Waals surface area contributed by atoms with E-state index in [4.69, 9.17) is 5.73 Å². The number of imide groups is 1. The summed E-state index contributed by atoms with van der Waals surface area (Å²) < 4.78 is 0.875. The van der Waals surface area contributed by atoms with Gasteiger partial charge in [-0.25, -0.2) is 0 Å². The summed E-state index contributed by atoms with van der Waals surface area (Å²) in [6.45, 7) is 4.13. The molecule has 19 heavy (non-hydrogen) atoms. The van der Waals surface area contributed by atoms with E-state index in [0.717, 1.165) is 15.7 Å². The van der Waals surface area contributed by atoms with Crippen LogP contribution in [0, 0.1) is 0 Å². The number of nitrogens with zero attached hydrogens (tertiary/aromatic N) is 1. The van der Waals surface area contributed by atoms with Crippen LogP contribution >= 0.6 is 15.9 Å². The second kappa shape index (κ2) is 4.94. The maximum atomic E-state index is 11.9. The molecule has 1 saturated heterocycles. The van der Waals surface area contributed by atoms with Crippen molar-refractivity contribution >= 4 is 33.4 Å². The van der Waals surface area contributed by atoms with Gasteiger partial charge in [0.1, 0.15) is 5.54 Å². The molecule has 1 heterocycles. The number of amides is 2. The number of rotatable bonds is 2. The Morgan fingerprint density at radius 3 is 2.68 bits per heavy atom. The van der Waals surface area contributed by atoms with Crippen LogP contribution in [-0.4, -0.2) is 23.9 Å². The molecule has 102 valence electrons. The van der Waals surface area contributed by atoms with Gasteiger partial charge in [-0.2, -0.15) is 0 Å². The minimum atomic E-state index is -0.777. The van der Waals surface area contributed by atoms with E-state index in [1.165, 1.54) is 0 Å². The van der Waals surface area contributed by atoms with Crippen molar-refractivity contribution < 1.29 is 9.59 Å². The predicted molar refractivity (Wildman–Crippen MR) is 76.6 cm³/mol. The molecule has 0 aromatic heterocycles. The smallest absolute Gasteiger partial charge is 0.251 e. The van der Waals surface area contributed by atoms with Crippen LogP contribution in [0.1, 0.15) is 19.4 Å². The van der Waals surface area contributed by atoms with Gasteiger partial charge >= 0.3 is 0 Å². The second-order valence-corrected chi connectivity index (χ2v) is 5.96. The Morgan fingerprint density at radius 2 is 2.05 bits per heavy atom. The lowest BCUT2D eigenvalue weighted by Crippen LogP contribution is -2.64. The molecular formula is C13H16BrN3O2. The molecule has 0 spiro atoms. The fourth-order valence-corrected chi connectivity index (χ4v) is 2.63. The third-order valence-electron chi connectivity index (χ3n) is 3.27. The van der Waals surface area contributed by atoms with Gasteiger partial charge in [0, 0.05) is 16.7 Å².